The Balaban J connectivity index is 1.56. The van der Waals surface area contributed by atoms with Gasteiger partial charge in [-0.3, -0.25) is 0 Å². The first kappa shape index (κ1) is 29.0. The third-order valence-electron chi connectivity index (χ3n) is 7.26. The molecule has 1 aromatic rings. The maximum Gasteiger partial charge on any atom is 0.337 e. The van der Waals surface area contributed by atoms with E-state index in [1.165, 1.54) is 32.4 Å². The molecule has 1 saturated heterocycles. The van der Waals surface area contributed by atoms with Crippen LogP contribution in [0.5, 0.6) is 5.75 Å². The molecule has 0 radical (unpaired) electrons. The molecule has 3 aliphatic rings. The fourth-order valence-corrected chi connectivity index (χ4v) is 5.14. The molecule has 2 heterocycles. The van der Waals surface area contributed by atoms with Gasteiger partial charge in [0, 0.05) is 25.0 Å². The minimum Gasteiger partial charge on any atom is -0.508 e. The second-order valence-electron chi connectivity index (χ2n) is 9.56. The molecule has 0 aromatic heterocycles. The molecular formula is C26H32O13. The molecule has 13 nitrogen and oxygen atoms in total. The van der Waals surface area contributed by atoms with Crippen LogP contribution < -0.4 is 0 Å². The number of fused-ring (bicyclic) bond motifs is 1. The fraction of sp³-hybridized carbons (Fsp3) is 0.538. The highest BCUT2D eigenvalue weighted by Gasteiger charge is 2.59. The Bertz CT molecular complexity index is 1080. The van der Waals surface area contributed by atoms with Crippen molar-refractivity contribution in [1.82, 2.24) is 0 Å². The smallest absolute Gasteiger partial charge is 0.337 e. The Morgan fingerprint density at radius 3 is 2.23 bits per heavy atom. The van der Waals surface area contributed by atoms with Gasteiger partial charge in [-0.15, -0.1) is 0 Å². The number of aliphatic hydroxyl groups is 4. The maximum absolute atomic E-state index is 12.7. The number of phenolic OH excluding ortho intramolecular Hbond substituents is 1. The summed E-state index contributed by atoms with van der Waals surface area (Å²) in [6.07, 6.45) is -7.69. The van der Waals surface area contributed by atoms with Gasteiger partial charge in [-0.05, 0) is 29.7 Å². The van der Waals surface area contributed by atoms with Crippen LogP contribution in [0, 0.1) is 17.8 Å². The van der Waals surface area contributed by atoms with E-state index in [1.54, 1.807) is 19.1 Å². The van der Waals surface area contributed by atoms with Crippen LogP contribution in [0.3, 0.4) is 0 Å². The third-order valence-corrected chi connectivity index (χ3v) is 7.26. The Hall–Kier alpha value is -3.04. The van der Waals surface area contributed by atoms with E-state index >= 15 is 0 Å². The van der Waals surface area contributed by atoms with E-state index in [1.807, 2.05) is 0 Å². The summed E-state index contributed by atoms with van der Waals surface area (Å²) in [6.45, 7) is 1.65. The van der Waals surface area contributed by atoms with E-state index in [4.69, 9.17) is 28.4 Å². The molecule has 13 heteroatoms. The second kappa shape index (κ2) is 12.0. The Morgan fingerprint density at radius 1 is 0.923 bits per heavy atom. The largest absolute Gasteiger partial charge is 0.508 e. The van der Waals surface area contributed by atoms with Gasteiger partial charge in [-0.25, -0.2) is 9.59 Å². The monoisotopic (exact) mass is 552 g/mol. The first-order valence-corrected chi connectivity index (χ1v) is 12.2. The summed E-state index contributed by atoms with van der Waals surface area (Å²) in [7, 11) is 2.40. The number of carbonyl (C=O) groups is 2. The van der Waals surface area contributed by atoms with Crippen molar-refractivity contribution in [2.45, 2.75) is 56.3 Å². The molecule has 0 amide bonds. The van der Waals surface area contributed by atoms with E-state index in [0.717, 1.165) is 12.3 Å². The van der Waals surface area contributed by atoms with Gasteiger partial charge in [0.15, 0.2) is 12.6 Å². The zero-order valence-corrected chi connectivity index (χ0v) is 21.4. The molecule has 4 rings (SSSR count). The fourth-order valence-electron chi connectivity index (χ4n) is 5.14. The number of aliphatic hydroxyl groups excluding tert-OH is 4. The predicted molar refractivity (Wildman–Crippen MR) is 129 cm³/mol. The zero-order chi connectivity index (χ0) is 28.4. The topological polar surface area (TPSA) is 191 Å². The van der Waals surface area contributed by atoms with Crippen molar-refractivity contribution < 1.29 is 63.5 Å². The molecule has 1 saturated carbocycles. The lowest BCUT2D eigenvalue weighted by Crippen LogP contribution is -2.60. The molecule has 0 spiro atoms. The SMILES string of the molecule is COC(=O)C1=CO[C@@H](O[C@@H]2O[C@H](OC)[C@@H](O)[C@H](O)[C@H]2O)[C@@H]2[C@@H](C)[C@@H](O)[C@@H](OC(=O)/C=C/c3ccc(O)cc3)[C@H]12. The molecule has 2 aliphatic heterocycles. The van der Waals surface area contributed by atoms with E-state index in [0.29, 0.717) is 5.56 Å². The van der Waals surface area contributed by atoms with Crippen molar-refractivity contribution in [3.8, 4) is 5.75 Å². The number of ether oxygens (including phenoxy) is 6. The molecule has 1 aromatic carbocycles. The van der Waals surface area contributed by atoms with Gasteiger partial charge in [0.1, 0.15) is 30.2 Å². The minimum absolute atomic E-state index is 0.00130. The van der Waals surface area contributed by atoms with Gasteiger partial charge in [-0.1, -0.05) is 19.1 Å². The van der Waals surface area contributed by atoms with Crippen LogP contribution in [0.4, 0.5) is 0 Å². The lowest BCUT2D eigenvalue weighted by Gasteiger charge is -2.42. The van der Waals surface area contributed by atoms with E-state index in [-0.39, 0.29) is 11.3 Å². The van der Waals surface area contributed by atoms with Crippen LogP contribution >= 0.6 is 0 Å². The molecule has 2 fully saturated rings. The summed E-state index contributed by atoms with van der Waals surface area (Å²) in [4.78, 5) is 25.3. The molecule has 5 N–H and O–H groups in total. The van der Waals surface area contributed by atoms with E-state index < -0.39 is 79.1 Å². The highest BCUT2D eigenvalue weighted by Crippen LogP contribution is 2.49. The van der Waals surface area contributed by atoms with Crippen molar-refractivity contribution in [3.63, 3.8) is 0 Å². The summed E-state index contributed by atoms with van der Waals surface area (Å²) in [6, 6.07) is 6.09. The Kier molecular flexibility index (Phi) is 8.91. The van der Waals surface area contributed by atoms with Crippen molar-refractivity contribution in [2.24, 2.45) is 17.8 Å². The minimum atomic E-state index is -1.68. The van der Waals surface area contributed by atoms with Crippen molar-refractivity contribution in [1.29, 1.82) is 0 Å². The first-order chi connectivity index (χ1) is 18.6. The molecule has 214 valence electrons. The van der Waals surface area contributed by atoms with Gasteiger partial charge in [0.05, 0.1) is 25.0 Å². The summed E-state index contributed by atoms with van der Waals surface area (Å²) in [5.74, 6) is -3.87. The number of phenols is 1. The first-order valence-electron chi connectivity index (χ1n) is 12.2. The average Bonchev–Trinajstić information content (AvgIpc) is 3.18. The van der Waals surface area contributed by atoms with Gasteiger partial charge >= 0.3 is 11.9 Å². The van der Waals surface area contributed by atoms with Gasteiger partial charge in [0.25, 0.3) is 0 Å². The van der Waals surface area contributed by atoms with E-state index in [2.05, 4.69) is 0 Å². The van der Waals surface area contributed by atoms with Gasteiger partial charge < -0.3 is 54.0 Å². The lowest BCUT2D eigenvalue weighted by molar-refractivity contribution is -0.374. The summed E-state index contributed by atoms with van der Waals surface area (Å²) in [5, 5.41) is 51.1. The van der Waals surface area contributed by atoms with Crippen molar-refractivity contribution in [3.05, 3.63) is 47.7 Å². The van der Waals surface area contributed by atoms with E-state index in [9.17, 15) is 35.1 Å². The van der Waals surface area contributed by atoms with Crippen molar-refractivity contribution in [2.75, 3.05) is 14.2 Å². The summed E-state index contributed by atoms with van der Waals surface area (Å²) >= 11 is 0. The average molecular weight is 553 g/mol. The van der Waals surface area contributed by atoms with Crippen LogP contribution in [0.25, 0.3) is 6.08 Å². The highest BCUT2D eigenvalue weighted by atomic mass is 16.8. The van der Waals surface area contributed by atoms with Crippen molar-refractivity contribution >= 4 is 18.0 Å². The van der Waals surface area contributed by atoms with Crippen LogP contribution in [0.1, 0.15) is 12.5 Å². The number of aromatic hydroxyl groups is 1. The molecule has 0 bridgehead atoms. The third kappa shape index (κ3) is 5.79. The number of hydrogen-bond donors (Lipinski definition) is 5. The highest BCUT2D eigenvalue weighted by molar-refractivity contribution is 5.90. The number of benzene rings is 1. The van der Waals surface area contributed by atoms with Gasteiger partial charge in [0.2, 0.25) is 6.29 Å². The number of hydrogen-bond acceptors (Lipinski definition) is 13. The van der Waals surface area contributed by atoms with Crippen LogP contribution in [-0.4, -0.2) is 101 Å². The van der Waals surface area contributed by atoms with Crippen LogP contribution in [-0.2, 0) is 38.0 Å². The molecule has 39 heavy (non-hydrogen) atoms. The Morgan fingerprint density at radius 2 is 1.59 bits per heavy atom. The molecule has 11 atom stereocenters. The molecule has 1 aliphatic carbocycles. The van der Waals surface area contributed by atoms with Gasteiger partial charge in [-0.2, -0.15) is 0 Å². The lowest BCUT2D eigenvalue weighted by atomic mass is 9.82. The summed E-state index contributed by atoms with van der Waals surface area (Å²) < 4.78 is 32.4. The number of carbonyl (C=O) groups excluding carboxylic acids is 2. The quantitative estimate of drug-likeness (QED) is 0.213. The number of methoxy groups -OCH3 is 2. The van der Waals surface area contributed by atoms with Crippen LogP contribution in [0.2, 0.25) is 0 Å². The summed E-state index contributed by atoms with van der Waals surface area (Å²) in [5.41, 5.74) is 0.617. The zero-order valence-electron chi connectivity index (χ0n) is 21.4. The number of esters is 2. The molecule has 0 unspecified atom stereocenters. The van der Waals surface area contributed by atoms with Crippen LogP contribution in [0.15, 0.2) is 42.2 Å². The normalized spacial score (nSPS) is 38.0. The predicted octanol–water partition coefficient (Wildman–Crippen LogP) is -0.598. The second-order valence-corrected chi connectivity index (χ2v) is 9.56. The standard InChI is InChI=1S/C26H32O13/c1-11-16-17(22(18(11)29)37-15(28)9-6-12-4-7-13(27)8-5-12)14(23(33)34-2)10-36-24(16)38-26-21(32)19(30)20(31)25(35-3)39-26/h4-11,16-22,24-27,29-32H,1-3H3/b9-6+/t11-,16-,17-,18-,19+,20+,21-,22+,24+,25+,26-/m1/s1. The molecular weight excluding hydrogens is 520 g/mol. The number of rotatable bonds is 7. The maximum atomic E-state index is 12.7. The Labute approximate surface area is 223 Å².